The fraction of sp³-hybridized carbons (Fsp3) is 0.312. The third-order valence-corrected chi connectivity index (χ3v) is 6.51. The third-order valence-electron chi connectivity index (χ3n) is 4.34. The summed E-state index contributed by atoms with van der Waals surface area (Å²) in [7, 11) is -3.61. The molecule has 0 saturated carbocycles. The van der Waals surface area contributed by atoms with Gasteiger partial charge in [0.15, 0.2) is 0 Å². The number of carboxylic acids is 1. The molecule has 1 aliphatic heterocycles. The van der Waals surface area contributed by atoms with E-state index < -0.39 is 27.1 Å². The first-order chi connectivity index (χ1) is 12.3. The van der Waals surface area contributed by atoms with Gasteiger partial charge in [-0.2, -0.15) is 4.31 Å². The number of piperidine rings is 1. The third kappa shape index (κ3) is 3.64. The van der Waals surface area contributed by atoms with Crippen LogP contribution in [0.25, 0.3) is 0 Å². The Morgan fingerprint density at radius 2 is 1.85 bits per heavy atom. The van der Waals surface area contributed by atoms with Crippen LogP contribution in [0.3, 0.4) is 0 Å². The van der Waals surface area contributed by atoms with Crippen LogP contribution in [0.15, 0.2) is 40.2 Å². The van der Waals surface area contributed by atoms with Gasteiger partial charge >= 0.3 is 5.97 Å². The van der Waals surface area contributed by atoms with Crippen LogP contribution in [0.5, 0.6) is 0 Å². The minimum atomic E-state index is -3.61. The van der Waals surface area contributed by atoms with Crippen molar-refractivity contribution in [2.45, 2.75) is 23.7 Å². The molecular weight excluding hydrogens is 382 g/mol. The second kappa shape index (κ2) is 7.18. The molecule has 1 fully saturated rings. The smallest absolute Gasteiger partial charge is 0.342 e. The first kappa shape index (κ1) is 18.6. The summed E-state index contributed by atoms with van der Waals surface area (Å²) in [5.74, 6) is -1.10. The van der Waals surface area contributed by atoms with E-state index in [0.29, 0.717) is 23.7 Å². The van der Waals surface area contributed by atoms with Crippen molar-refractivity contribution in [3.8, 4) is 0 Å². The van der Waals surface area contributed by atoms with Gasteiger partial charge in [-0.05, 0) is 37.1 Å². The predicted molar refractivity (Wildman–Crippen MR) is 94.0 cm³/mol. The molecule has 0 unspecified atom stereocenters. The number of halogens is 1. The van der Waals surface area contributed by atoms with Crippen LogP contribution in [0.4, 0.5) is 0 Å². The zero-order chi connectivity index (χ0) is 18.9. The summed E-state index contributed by atoms with van der Waals surface area (Å²) < 4.78 is 26.7. The number of sulfonamides is 1. The van der Waals surface area contributed by atoms with E-state index in [4.69, 9.17) is 16.7 Å². The Kier molecular flexibility index (Phi) is 5.12. The van der Waals surface area contributed by atoms with E-state index in [0.717, 1.165) is 6.20 Å². The van der Waals surface area contributed by atoms with Crippen molar-refractivity contribution in [1.29, 1.82) is 0 Å². The van der Waals surface area contributed by atoms with E-state index in [-0.39, 0.29) is 23.9 Å². The summed E-state index contributed by atoms with van der Waals surface area (Å²) in [6, 6.07) is 5.99. The number of aromatic nitrogens is 2. The normalized spacial score (nSPS) is 16.5. The number of rotatable bonds is 4. The maximum absolute atomic E-state index is 12.7. The molecule has 1 aliphatic rings. The molecule has 1 saturated heterocycles. The quantitative estimate of drug-likeness (QED) is 0.809. The SMILES string of the molecule is O=C(O)c1cnc(C2CCN(S(=O)(=O)c3ccc(Cl)cc3)CC2)[nH]c1=O. The number of hydrogen-bond acceptors (Lipinski definition) is 5. The van der Waals surface area contributed by atoms with Gasteiger partial charge in [0.05, 0.1) is 4.90 Å². The van der Waals surface area contributed by atoms with Crippen molar-refractivity contribution in [3.05, 3.63) is 57.2 Å². The highest BCUT2D eigenvalue weighted by atomic mass is 35.5. The molecule has 138 valence electrons. The predicted octanol–water partition coefficient (Wildman–Crippen LogP) is 1.69. The first-order valence-electron chi connectivity index (χ1n) is 7.87. The lowest BCUT2D eigenvalue weighted by molar-refractivity contribution is 0.0694. The summed E-state index contributed by atoms with van der Waals surface area (Å²) in [6.45, 7) is 0.556. The number of benzene rings is 1. The first-order valence-corrected chi connectivity index (χ1v) is 9.69. The van der Waals surface area contributed by atoms with Gasteiger partial charge in [-0.1, -0.05) is 11.6 Å². The summed E-state index contributed by atoms with van der Waals surface area (Å²) in [5.41, 5.74) is -1.13. The number of nitrogens with one attached hydrogen (secondary N) is 1. The molecule has 3 rings (SSSR count). The van der Waals surface area contributed by atoms with Gasteiger partial charge in [0.2, 0.25) is 10.0 Å². The Labute approximate surface area is 154 Å². The van der Waals surface area contributed by atoms with Crippen molar-refractivity contribution in [3.63, 3.8) is 0 Å². The monoisotopic (exact) mass is 397 g/mol. The molecule has 26 heavy (non-hydrogen) atoms. The van der Waals surface area contributed by atoms with Crippen molar-refractivity contribution < 1.29 is 18.3 Å². The lowest BCUT2D eigenvalue weighted by Gasteiger charge is -2.30. The molecule has 8 nitrogen and oxygen atoms in total. The average molecular weight is 398 g/mol. The van der Waals surface area contributed by atoms with E-state index in [1.54, 1.807) is 0 Å². The maximum Gasteiger partial charge on any atom is 0.342 e. The van der Waals surface area contributed by atoms with E-state index in [9.17, 15) is 18.0 Å². The zero-order valence-corrected chi connectivity index (χ0v) is 15.1. The molecule has 2 aromatic rings. The molecule has 2 N–H and O–H groups in total. The molecule has 0 bridgehead atoms. The lowest BCUT2D eigenvalue weighted by Crippen LogP contribution is -2.38. The van der Waals surface area contributed by atoms with Gasteiger partial charge in [0.25, 0.3) is 5.56 Å². The summed E-state index contributed by atoms with van der Waals surface area (Å²) in [5, 5.41) is 9.34. The molecule has 0 atom stereocenters. The van der Waals surface area contributed by atoms with Gasteiger partial charge in [-0.25, -0.2) is 18.2 Å². The van der Waals surface area contributed by atoms with Crippen molar-refractivity contribution in [2.24, 2.45) is 0 Å². The Morgan fingerprint density at radius 3 is 2.38 bits per heavy atom. The van der Waals surface area contributed by atoms with Gasteiger partial charge in [-0.3, -0.25) is 4.79 Å². The molecule has 1 aromatic carbocycles. The number of H-pyrrole nitrogens is 1. The second-order valence-corrected chi connectivity index (χ2v) is 8.32. The zero-order valence-electron chi connectivity index (χ0n) is 13.6. The van der Waals surface area contributed by atoms with Crippen LogP contribution >= 0.6 is 11.6 Å². The Morgan fingerprint density at radius 1 is 1.23 bits per heavy atom. The summed E-state index contributed by atoms with van der Waals surface area (Å²) >= 11 is 5.80. The van der Waals surface area contributed by atoms with Crippen LogP contribution < -0.4 is 5.56 Å². The molecular formula is C16H16ClN3O5S. The van der Waals surface area contributed by atoms with Gasteiger partial charge in [0, 0.05) is 30.2 Å². The maximum atomic E-state index is 12.7. The molecule has 0 spiro atoms. The standard InChI is InChI=1S/C16H16ClN3O5S/c17-11-1-3-12(4-2-11)26(24,25)20-7-5-10(6-8-20)14-18-9-13(16(22)23)15(21)19-14/h1-4,9-10H,5-8H2,(H,22,23)(H,18,19,21). The molecule has 0 aliphatic carbocycles. The molecule has 2 heterocycles. The summed E-state index contributed by atoms with van der Waals surface area (Å²) in [6.07, 6.45) is 1.98. The van der Waals surface area contributed by atoms with Gasteiger partial charge in [0.1, 0.15) is 11.4 Å². The van der Waals surface area contributed by atoms with E-state index in [2.05, 4.69) is 9.97 Å². The van der Waals surface area contributed by atoms with Gasteiger partial charge in [-0.15, -0.1) is 0 Å². The molecule has 10 heteroatoms. The largest absolute Gasteiger partial charge is 0.477 e. The van der Waals surface area contributed by atoms with Crippen molar-refractivity contribution in [1.82, 2.24) is 14.3 Å². The fourth-order valence-corrected chi connectivity index (χ4v) is 4.49. The second-order valence-electron chi connectivity index (χ2n) is 5.95. The highest BCUT2D eigenvalue weighted by Crippen LogP contribution is 2.28. The van der Waals surface area contributed by atoms with Gasteiger partial charge < -0.3 is 10.1 Å². The van der Waals surface area contributed by atoms with E-state index >= 15 is 0 Å². The number of aromatic amines is 1. The Balaban J connectivity index is 1.73. The number of hydrogen-bond donors (Lipinski definition) is 2. The number of aromatic carboxylic acids is 1. The molecule has 0 amide bonds. The van der Waals surface area contributed by atoms with Crippen LogP contribution in [-0.4, -0.2) is 46.9 Å². The molecule has 1 aromatic heterocycles. The number of nitrogens with zero attached hydrogens (tertiary/aromatic N) is 2. The Hall–Kier alpha value is -2.23. The highest BCUT2D eigenvalue weighted by molar-refractivity contribution is 7.89. The minimum absolute atomic E-state index is 0.137. The van der Waals surface area contributed by atoms with E-state index in [1.807, 2.05) is 0 Å². The van der Waals surface area contributed by atoms with Crippen LogP contribution in [-0.2, 0) is 10.0 Å². The minimum Gasteiger partial charge on any atom is -0.477 e. The highest BCUT2D eigenvalue weighted by Gasteiger charge is 2.31. The fourth-order valence-electron chi connectivity index (χ4n) is 2.89. The lowest BCUT2D eigenvalue weighted by atomic mass is 9.97. The average Bonchev–Trinajstić information content (AvgIpc) is 2.62. The van der Waals surface area contributed by atoms with Crippen LogP contribution in [0.2, 0.25) is 5.02 Å². The van der Waals surface area contributed by atoms with Crippen molar-refractivity contribution in [2.75, 3.05) is 13.1 Å². The molecule has 0 radical (unpaired) electrons. The topological polar surface area (TPSA) is 120 Å². The van der Waals surface area contributed by atoms with E-state index in [1.165, 1.54) is 28.6 Å². The summed E-state index contributed by atoms with van der Waals surface area (Å²) in [4.78, 5) is 29.3. The van der Waals surface area contributed by atoms with Crippen LogP contribution in [0, 0.1) is 0 Å². The Bertz CT molecular complexity index is 980. The van der Waals surface area contributed by atoms with Crippen molar-refractivity contribution >= 4 is 27.6 Å². The number of carbonyl (C=O) groups is 1. The van der Waals surface area contributed by atoms with Crippen LogP contribution in [0.1, 0.15) is 34.9 Å². The number of carboxylic acid groups (broad SMARTS) is 1.